The molecule has 0 aliphatic carbocycles. The number of aromatic amines is 1. The predicted molar refractivity (Wildman–Crippen MR) is 119 cm³/mol. The van der Waals surface area contributed by atoms with E-state index in [1.807, 2.05) is 24.4 Å². The van der Waals surface area contributed by atoms with Gasteiger partial charge in [0.2, 0.25) is 0 Å². The number of aryl methyl sites for hydroxylation is 1. The standard InChI is InChI=1S/C23H23F3N6O2/c1-14-17(7-8-19-18(14)12-28-30-19)11-20-29-21(31-32(20)9-10-34-2)15-3-5-16(6-4-15)22(33)27-13-23(24,25)26/h3-8,12H,9-11,13H2,1-2H3,(H,27,33)(H,28,30). The number of hydrogen-bond acceptors (Lipinski definition) is 5. The van der Waals surface area contributed by atoms with Crippen LogP contribution in [0.15, 0.2) is 42.6 Å². The number of nitrogens with one attached hydrogen (secondary N) is 2. The number of rotatable bonds is 8. The number of methoxy groups -OCH3 is 1. The molecular formula is C23H23F3N6O2. The number of amides is 1. The van der Waals surface area contributed by atoms with E-state index in [1.54, 1.807) is 30.1 Å². The quantitative estimate of drug-likeness (QED) is 0.408. The van der Waals surface area contributed by atoms with Crippen LogP contribution in [0, 0.1) is 6.92 Å². The van der Waals surface area contributed by atoms with Crippen LogP contribution >= 0.6 is 0 Å². The minimum absolute atomic E-state index is 0.121. The van der Waals surface area contributed by atoms with Crippen LogP contribution in [0.4, 0.5) is 13.2 Å². The Hall–Kier alpha value is -3.73. The fourth-order valence-corrected chi connectivity index (χ4v) is 3.60. The number of fused-ring (bicyclic) bond motifs is 1. The Morgan fingerprint density at radius 1 is 1.18 bits per heavy atom. The Morgan fingerprint density at radius 3 is 2.65 bits per heavy atom. The summed E-state index contributed by atoms with van der Waals surface area (Å²) in [5.74, 6) is 0.397. The van der Waals surface area contributed by atoms with Crippen LogP contribution in [0.25, 0.3) is 22.3 Å². The Labute approximate surface area is 193 Å². The van der Waals surface area contributed by atoms with Gasteiger partial charge in [0.1, 0.15) is 12.4 Å². The van der Waals surface area contributed by atoms with Crippen molar-refractivity contribution >= 4 is 16.8 Å². The number of H-pyrrole nitrogens is 1. The summed E-state index contributed by atoms with van der Waals surface area (Å²) in [6.07, 6.45) is -2.13. The summed E-state index contributed by atoms with van der Waals surface area (Å²) < 4.78 is 44.0. The summed E-state index contributed by atoms with van der Waals surface area (Å²) >= 11 is 0. The van der Waals surface area contributed by atoms with Gasteiger partial charge in [-0.1, -0.05) is 18.2 Å². The molecule has 0 bridgehead atoms. The number of nitrogens with zero attached hydrogens (tertiary/aromatic N) is 4. The molecule has 11 heteroatoms. The fraction of sp³-hybridized carbons (Fsp3) is 0.304. The van der Waals surface area contributed by atoms with Crippen molar-refractivity contribution in [2.24, 2.45) is 0 Å². The topological polar surface area (TPSA) is 97.7 Å². The van der Waals surface area contributed by atoms with Crippen molar-refractivity contribution in [3.63, 3.8) is 0 Å². The molecule has 0 aliphatic heterocycles. The van der Waals surface area contributed by atoms with E-state index in [0.29, 0.717) is 31.0 Å². The molecule has 0 saturated carbocycles. The van der Waals surface area contributed by atoms with E-state index < -0.39 is 18.6 Å². The molecule has 0 aliphatic rings. The Balaban J connectivity index is 1.58. The molecule has 2 aromatic heterocycles. The molecule has 0 atom stereocenters. The van der Waals surface area contributed by atoms with E-state index in [4.69, 9.17) is 9.72 Å². The molecule has 2 heterocycles. The van der Waals surface area contributed by atoms with E-state index in [9.17, 15) is 18.0 Å². The number of halogens is 3. The molecule has 4 rings (SSSR count). The maximum Gasteiger partial charge on any atom is 0.405 e. The normalized spacial score (nSPS) is 11.8. The second-order valence-corrected chi connectivity index (χ2v) is 7.80. The maximum atomic E-state index is 12.3. The predicted octanol–water partition coefficient (Wildman–Crippen LogP) is 3.66. The van der Waals surface area contributed by atoms with Crippen LogP contribution in [-0.4, -0.2) is 57.3 Å². The minimum atomic E-state index is -4.47. The Bertz CT molecular complexity index is 1290. The molecule has 0 spiro atoms. The molecule has 2 N–H and O–H groups in total. The van der Waals surface area contributed by atoms with E-state index in [2.05, 4.69) is 15.3 Å². The molecular weight excluding hydrogens is 449 g/mol. The lowest BCUT2D eigenvalue weighted by Gasteiger charge is -2.08. The highest BCUT2D eigenvalue weighted by molar-refractivity contribution is 5.94. The molecule has 8 nitrogen and oxygen atoms in total. The van der Waals surface area contributed by atoms with Gasteiger partial charge in [0.25, 0.3) is 5.91 Å². The van der Waals surface area contributed by atoms with Crippen molar-refractivity contribution in [2.75, 3.05) is 20.3 Å². The molecule has 34 heavy (non-hydrogen) atoms. The number of ether oxygens (including phenoxy) is 1. The zero-order chi connectivity index (χ0) is 24.3. The number of alkyl halides is 3. The first-order valence-electron chi connectivity index (χ1n) is 10.5. The minimum Gasteiger partial charge on any atom is -0.383 e. The molecule has 2 aromatic carbocycles. The van der Waals surface area contributed by atoms with E-state index in [1.165, 1.54) is 12.1 Å². The monoisotopic (exact) mass is 472 g/mol. The van der Waals surface area contributed by atoms with Crippen molar-refractivity contribution in [2.45, 2.75) is 26.1 Å². The van der Waals surface area contributed by atoms with Crippen molar-refractivity contribution in [3.8, 4) is 11.4 Å². The van der Waals surface area contributed by atoms with Crippen LogP contribution in [0.1, 0.15) is 27.3 Å². The third-order valence-corrected chi connectivity index (χ3v) is 5.46. The van der Waals surface area contributed by atoms with Crippen molar-refractivity contribution in [1.29, 1.82) is 0 Å². The lowest BCUT2D eigenvalue weighted by Crippen LogP contribution is -2.33. The van der Waals surface area contributed by atoms with Gasteiger partial charge in [-0.15, -0.1) is 0 Å². The number of benzene rings is 2. The molecule has 0 fully saturated rings. The van der Waals surface area contributed by atoms with E-state index in [-0.39, 0.29) is 5.56 Å². The zero-order valence-electron chi connectivity index (χ0n) is 18.6. The zero-order valence-corrected chi connectivity index (χ0v) is 18.6. The highest BCUT2D eigenvalue weighted by Gasteiger charge is 2.28. The van der Waals surface area contributed by atoms with Gasteiger partial charge in [-0.3, -0.25) is 9.89 Å². The van der Waals surface area contributed by atoms with Gasteiger partial charge in [0, 0.05) is 30.0 Å². The summed E-state index contributed by atoms with van der Waals surface area (Å²) in [6.45, 7) is 1.61. The molecule has 0 unspecified atom stereocenters. The van der Waals surface area contributed by atoms with E-state index in [0.717, 1.165) is 27.9 Å². The van der Waals surface area contributed by atoms with Crippen molar-refractivity contribution in [3.05, 3.63) is 65.1 Å². The molecule has 0 radical (unpaired) electrons. The van der Waals surface area contributed by atoms with Gasteiger partial charge in [-0.25, -0.2) is 9.67 Å². The second kappa shape index (κ2) is 9.64. The van der Waals surface area contributed by atoms with Crippen LogP contribution < -0.4 is 5.32 Å². The Kier molecular flexibility index (Phi) is 6.64. The second-order valence-electron chi connectivity index (χ2n) is 7.80. The molecule has 1 amide bonds. The summed E-state index contributed by atoms with van der Waals surface area (Å²) in [4.78, 5) is 16.7. The fourth-order valence-electron chi connectivity index (χ4n) is 3.60. The smallest absolute Gasteiger partial charge is 0.383 e. The SMILES string of the molecule is COCCn1nc(-c2ccc(C(=O)NCC(F)(F)F)cc2)nc1Cc1ccc2[nH]ncc2c1C. The number of aromatic nitrogens is 5. The summed E-state index contributed by atoms with van der Waals surface area (Å²) in [5.41, 5.74) is 3.91. The largest absolute Gasteiger partial charge is 0.405 e. The van der Waals surface area contributed by atoms with Crippen LogP contribution in [-0.2, 0) is 17.7 Å². The van der Waals surface area contributed by atoms with Gasteiger partial charge >= 0.3 is 6.18 Å². The van der Waals surface area contributed by atoms with Gasteiger partial charge < -0.3 is 10.1 Å². The van der Waals surface area contributed by atoms with Crippen LogP contribution in [0.2, 0.25) is 0 Å². The van der Waals surface area contributed by atoms with Crippen LogP contribution in [0.3, 0.4) is 0 Å². The molecule has 4 aromatic rings. The molecule has 0 saturated heterocycles. The number of carbonyl (C=O) groups is 1. The third kappa shape index (κ3) is 5.25. The summed E-state index contributed by atoms with van der Waals surface area (Å²) in [6, 6.07) is 10.1. The highest BCUT2D eigenvalue weighted by atomic mass is 19.4. The first kappa shape index (κ1) is 23.4. The average molecular weight is 472 g/mol. The van der Waals surface area contributed by atoms with Crippen molar-refractivity contribution < 1.29 is 22.7 Å². The average Bonchev–Trinajstić information content (AvgIpc) is 3.45. The van der Waals surface area contributed by atoms with Gasteiger partial charge in [-0.05, 0) is 36.2 Å². The molecule has 178 valence electrons. The maximum absolute atomic E-state index is 12.3. The summed E-state index contributed by atoms with van der Waals surface area (Å²) in [5, 5.41) is 14.6. The lowest BCUT2D eigenvalue weighted by atomic mass is 10.0. The van der Waals surface area contributed by atoms with Gasteiger partial charge in [0.05, 0.1) is 24.9 Å². The number of hydrogen-bond donors (Lipinski definition) is 2. The van der Waals surface area contributed by atoms with Gasteiger partial charge in [-0.2, -0.15) is 23.4 Å². The summed E-state index contributed by atoms with van der Waals surface area (Å²) in [7, 11) is 1.61. The van der Waals surface area contributed by atoms with E-state index >= 15 is 0 Å². The Morgan fingerprint density at radius 2 is 1.94 bits per heavy atom. The first-order valence-corrected chi connectivity index (χ1v) is 10.5. The van der Waals surface area contributed by atoms with Crippen molar-refractivity contribution in [1.82, 2.24) is 30.3 Å². The van der Waals surface area contributed by atoms with Crippen LogP contribution in [0.5, 0.6) is 0 Å². The highest BCUT2D eigenvalue weighted by Crippen LogP contribution is 2.23. The van der Waals surface area contributed by atoms with Gasteiger partial charge in [0.15, 0.2) is 5.82 Å². The third-order valence-electron chi connectivity index (χ3n) is 5.46. The number of carbonyl (C=O) groups excluding carboxylic acids is 1. The lowest BCUT2D eigenvalue weighted by molar-refractivity contribution is -0.123. The first-order chi connectivity index (χ1) is 16.2.